The molecule has 1 aromatic heterocycles. The van der Waals surface area contributed by atoms with Crippen LogP contribution in [0.2, 0.25) is 0 Å². The highest BCUT2D eigenvalue weighted by Gasteiger charge is 1.94. The van der Waals surface area contributed by atoms with Crippen LogP contribution in [0.4, 0.5) is 4.79 Å². The highest BCUT2D eigenvalue weighted by atomic mass is 16.4. The van der Waals surface area contributed by atoms with Crippen LogP contribution in [0.1, 0.15) is 5.56 Å². The Morgan fingerprint density at radius 1 is 1.55 bits per heavy atom. The fourth-order valence-electron chi connectivity index (χ4n) is 0.599. The molecule has 0 unspecified atom stereocenters. The highest BCUT2D eigenvalue weighted by molar-refractivity contribution is 5.64. The fraction of sp³-hybridized carbons (Fsp3) is 0.167. The minimum Gasteiger partial charge on any atom is -0.465 e. The van der Waals surface area contributed by atoms with Gasteiger partial charge in [-0.15, -0.1) is 0 Å². The molecule has 58 valence electrons. The minimum absolute atomic E-state index is 0.246. The lowest BCUT2D eigenvalue weighted by Crippen LogP contribution is -2.19. The number of carbonyl (C=O) groups is 1. The molecule has 5 heteroatoms. The number of nitrogens with one attached hydrogen (secondary N) is 1. The molecule has 0 bridgehead atoms. The fourth-order valence-corrected chi connectivity index (χ4v) is 0.599. The van der Waals surface area contributed by atoms with Crippen LogP contribution in [0.15, 0.2) is 18.7 Å². The second kappa shape index (κ2) is 3.50. The number of carboxylic acid groups (broad SMARTS) is 1. The van der Waals surface area contributed by atoms with Crippen molar-refractivity contribution in [2.45, 2.75) is 6.54 Å². The lowest BCUT2D eigenvalue weighted by molar-refractivity contribution is 0.194. The van der Waals surface area contributed by atoms with Gasteiger partial charge >= 0.3 is 6.09 Å². The Balaban J connectivity index is 2.45. The van der Waals surface area contributed by atoms with Crippen molar-refractivity contribution in [3.63, 3.8) is 0 Å². The Hall–Kier alpha value is -1.65. The van der Waals surface area contributed by atoms with Crippen molar-refractivity contribution in [2.75, 3.05) is 0 Å². The lowest BCUT2D eigenvalue weighted by Gasteiger charge is -1.97. The summed E-state index contributed by atoms with van der Waals surface area (Å²) >= 11 is 0. The summed E-state index contributed by atoms with van der Waals surface area (Å²) in [6, 6.07) is 0. The number of nitrogens with zero attached hydrogens (tertiary/aromatic N) is 2. The predicted octanol–water partition coefficient (Wildman–Crippen LogP) is 0.244. The normalized spacial score (nSPS) is 9.09. The molecule has 2 N–H and O–H groups in total. The van der Waals surface area contributed by atoms with Gasteiger partial charge in [-0.25, -0.2) is 14.8 Å². The van der Waals surface area contributed by atoms with Crippen LogP contribution in [0, 0.1) is 0 Å². The summed E-state index contributed by atoms with van der Waals surface area (Å²) in [6.45, 7) is 0.246. The minimum atomic E-state index is -1.05. The Labute approximate surface area is 63.1 Å². The first-order valence-electron chi connectivity index (χ1n) is 2.99. The first-order valence-corrected chi connectivity index (χ1v) is 2.99. The van der Waals surface area contributed by atoms with Gasteiger partial charge in [-0.2, -0.15) is 0 Å². The largest absolute Gasteiger partial charge is 0.465 e. The molecule has 0 radical (unpaired) electrons. The third kappa shape index (κ3) is 2.61. The maximum absolute atomic E-state index is 10.0. The molecule has 1 heterocycles. The van der Waals surface area contributed by atoms with E-state index in [1.807, 2.05) is 0 Å². The zero-order valence-corrected chi connectivity index (χ0v) is 5.69. The molecule has 0 fully saturated rings. The Morgan fingerprint density at radius 3 is 2.73 bits per heavy atom. The van der Waals surface area contributed by atoms with Crippen LogP contribution >= 0.6 is 0 Å². The topological polar surface area (TPSA) is 75.1 Å². The van der Waals surface area contributed by atoms with Crippen molar-refractivity contribution in [3.05, 3.63) is 24.3 Å². The van der Waals surface area contributed by atoms with E-state index in [0.29, 0.717) is 0 Å². The van der Waals surface area contributed by atoms with E-state index in [-0.39, 0.29) is 6.54 Å². The van der Waals surface area contributed by atoms with E-state index < -0.39 is 6.09 Å². The van der Waals surface area contributed by atoms with E-state index >= 15 is 0 Å². The Kier molecular flexibility index (Phi) is 2.37. The second-order valence-electron chi connectivity index (χ2n) is 1.91. The molecule has 1 aromatic rings. The van der Waals surface area contributed by atoms with E-state index in [1.54, 1.807) is 12.4 Å². The SMILES string of the molecule is O=C(O)NCc1cncnc1. The molecule has 1 rings (SSSR count). The molecular formula is C6H7N3O2. The van der Waals surface area contributed by atoms with Crippen LogP contribution in [0.5, 0.6) is 0 Å². The smallest absolute Gasteiger partial charge is 0.404 e. The van der Waals surface area contributed by atoms with Crippen molar-refractivity contribution in [1.82, 2.24) is 15.3 Å². The Bertz CT molecular complexity index is 237. The first-order chi connectivity index (χ1) is 5.29. The van der Waals surface area contributed by atoms with Crippen LogP contribution in [0.25, 0.3) is 0 Å². The standard InChI is InChI=1S/C6H7N3O2/c10-6(11)9-3-5-1-7-4-8-2-5/h1-2,4,9H,3H2,(H,10,11). The van der Waals surface area contributed by atoms with Crippen molar-refractivity contribution in [3.8, 4) is 0 Å². The van der Waals surface area contributed by atoms with Gasteiger partial charge in [-0.3, -0.25) is 0 Å². The Morgan fingerprint density at radius 2 is 2.18 bits per heavy atom. The molecule has 0 aliphatic rings. The molecule has 0 spiro atoms. The quantitative estimate of drug-likeness (QED) is 0.638. The van der Waals surface area contributed by atoms with Gasteiger partial charge in [-0.05, 0) is 0 Å². The van der Waals surface area contributed by atoms with E-state index in [4.69, 9.17) is 5.11 Å². The highest BCUT2D eigenvalue weighted by Crippen LogP contribution is 1.90. The summed E-state index contributed by atoms with van der Waals surface area (Å²) in [6.07, 6.45) is 3.46. The van der Waals surface area contributed by atoms with E-state index in [0.717, 1.165) is 5.56 Å². The summed E-state index contributed by atoms with van der Waals surface area (Å²) < 4.78 is 0. The van der Waals surface area contributed by atoms with Gasteiger partial charge < -0.3 is 10.4 Å². The van der Waals surface area contributed by atoms with Gasteiger partial charge in [0.2, 0.25) is 0 Å². The van der Waals surface area contributed by atoms with Crippen LogP contribution in [-0.2, 0) is 6.54 Å². The maximum atomic E-state index is 10.0. The predicted molar refractivity (Wildman–Crippen MR) is 36.9 cm³/mol. The number of aromatic nitrogens is 2. The zero-order valence-electron chi connectivity index (χ0n) is 5.69. The van der Waals surface area contributed by atoms with Crippen LogP contribution < -0.4 is 5.32 Å². The van der Waals surface area contributed by atoms with E-state index in [1.165, 1.54) is 6.33 Å². The third-order valence-corrected chi connectivity index (χ3v) is 1.06. The lowest BCUT2D eigenvalue weighted by atomic mass is 10.3. The number of hydrogen-bond acceptors (Lipinski definition) is 3. The first kappa shape index (κ1) is 7.46. The summed E-state index contributed by atoms with van der Waals surface area (Å²) in [4.78, 5) is 17.5. The number of amides is 1. The van der Waals surface area contributed by atoms with Gasteiger partial charge in [-0.1, -0.05) is 0 Å². The molecule has 0 saturated heterocycles. The molecule has 11 heavy (non-hydrogen) atoms. The number of hydrogen-bond donors (Lipinski definition) is 2. The molecule has 0 aliphatic heterocycles. The van der Waals surface area contributed by atoms with Gasteiger partial charge in [0.1, 0.15) is 6.33 Å². The third-order valence-electron chi connectivity index (χ3n) is 1.06. The van der Waals surface area contributed by atoms with Crippen LogP contribution in [-0.4, -0.2) is 21.2 Å². The zero-order chi connectivity index (χ0) is 8.10. The van der Waals surface area contributed by atoms with Crippen molar-refractivity contribution >= 4 is 6.09 Å². The van der Waals surface area contributed by atoms with Crippen molar-refractivity contribution in [2.24, 2.45) is 0 Å². The summed E-state index contributed by atoms with van der Waals surface area (Å²) in [5, 5.41) is 10.4. The summed E-state index contributed by atoms with van der Waals surface area (Å²) in [5.74, 6) is 0. The molecule has 0 aliphatic carbocycles. The van der Waals surface area contributed by atoms with Crippen LogP contribution in [0.3, 0.4) is 0 Å². The molecule has 0 aromatic carbocycles. The van der Waals surface area contributed by atoms with E-state index in [9.17, 15) is 4.79 Å². The molecule has 0 saturated carbocycles. The average molecular weight is 153 g/mol. The van der Waals surface area contributed by atoms with Crippen molar-refractivity contribution < 1.29 is 9.90 Å². The molecule has 5 nitrogen and oxygen atoms in total. The van der Waals surface area contributed by atoms with Gasteiger partial charge in [0, 0.05) is 24.5 Å². The average Bonchev–Trinajstić information content (AvgIpc) is 2.03. The van der Waals surface area contributed by atoms with Gasteiger partial charge in [0.05, 0.1) is 0 Å². The summed E-state index contributed by atoms with van der Waals surface area (Å²) in [5.41, 5.74) is 0.745. The maximum Gasteiger partial charge on any atom is 0.404 e. The van der Waals surface area contributed by atoms with E-state index in [2.05, 4.69) is 15.3 Å². The van der Waals surface area contributed by atoms with Gasteiger partial charge in [0.25, 0.3) is 0 Å². The van der Waals surface area contributed by atoms with Crippen molar-refractivity contribution in [1.29, 1.82) is 0 Å². The monoisotopic (exact) mass is 153 g/mol. The molecular weight excluding hydrogens is 146 g/mol. The molecule has 0 atom stereocenters. The molecule has 1 amide bonds. The summed E-state index contributed by atoms with van der Waals surface area (Å²) in [7, 11) is 0. The number of rotatable bonds is 2. The van der Waals surface area contributed by atoms with Gasteiger partial charge in [0.15, 0.2) is 0 Å². The second-order valence-corrected chi connectivity index (χ2v) is 1.91.